The van der Waals surface area contributed by atoms with E-state index in [-0.39, 0.29) is 12.4 Å². The molecule has 8 heteroatoms. The predicted octanol–water partition coefficient (Wildman–Crippen LogP) is 2.32. The minimum atomic E-state index is -3.64. The average Bonchev–Trinajstić information content (AvgIpc) is 2.75. The molecule has 2 aromatic rings. The molecule has 1 aliphatic heterocycles. The van der Waals surface area contributed by atoms with Crippen molar-refractivity contribution in [2.75, 3.05) is 28.7 Å². The molecule has 1 aliphatic rings. The zero-order chi connectivity index (χ0) is 15.6. The van der Waals surface area contributed by atoms with Crippen LogP contribution in [0, 0.1) is 0 Å². The summed E-state index contributed by atoms with van der Waals surface area (Å²) in [6.07, 6.45) is 2.33. The van der Waals surface area contributed by atoms with Crippen LogP contribution in [0.4, 0.5) is 17.2 Å². The van der Waals surface area contributed by atoms with E-state index in [2.05, 4.69) is 10.3 Å². The molecule has 124 valence electrons. The molecule has 0 radical (unpaired) electrons. The van der Waals surface area contributed by atoms with Gasteiger partial charge in [0, 0.05) is 12.7 Å². The van der Waals surface area contributed by atoms with E-state index in [9.17, 15) is 8.42 Å². The molecule has 0 bridgehead atoms. The van der Waals surface area contributed by atoms with Crippen molar-refractivity contribution in [3.8, 4) is 0 Å². The fourth-order valence-corrected chi connectivity index (χ4v) is 4.25. The summed E-state index contributed by atoms with van der Waals surface area (Å²) in [5, 5.41) is 3.04. The van der Waals surface area contributed by atoms with Crippen molar-refractivity contribution < 1.29 is 8.42 Å². The quantitative estimate of drug-likeness (QED) is 0.837. The third-order valence-electron chi connectivity index (χ3n) is 3.52. The largest absolute Gasteiger partial charge is 0.332 e. The second-order valence-electron chi connectivity index (χ2n) is 4.98. The summed E-state index contributed by atoms with van der Waals surface area (Å²) in [5.74, 6) is 0.408. The summed E-state index contributed by atoms with van der Waals surface area (Å²) < 4.78 is 28.6. The number of nitrogens with zero attached hydrogens (tertiary/aromatic N) is 3. The van der Waals surface area contributed by atoms with E-state index in [0.29, 0.717) is 23.7 Å². The first-order valence-electron chi connectivity index (χ1n) is 7.14. The van der Waals surface area contributed by atoms with Crippen molar-refractivity contribution in [1.29, 1.82) is 0 Å². The third-order valence-corrected chi connectivity index (χ3v) is 5.31. The second kappa shape index (κ2) is 7.16. The van der Waals surface area contributed by atoms with Gasteiger partial charge in [-0.15, -0.1) is 12.4 Å². The summed E-state index contributed by atoms with van der Waals surface area (Å²) in [6.45, 7) is 1.20. The van der Waals surface area contributed by atoms with Gasteiger partial charge in [-0.2, -0.15) is 8.42 Å². The molecule has 2 heterocycles. The first kappa shape index (κ1) is 17.5. The number of para-hydroxylation sites is 2. The normalized spacial score (nSPS) is 15.2. The Morgan fingerprint density at radius 2 is 1.78 bits per heavy atom. The number of hydrogen-bond acceptors (Lipinski definition) is 4. The molecule has 0 saturated heterocycles. The van der Waals surface area contributed by atoms with Gasteiger partial charge < -0.3 is 5.32 Å². The van der Waals surface area contributed by atoms with Crippen LogP contribution in [0.1, 0.15) is 6.42 Å². The molecule has 0 spiro atoms. The molecule has 0 amide bonds. The fourth-order valence-electron chi connectivity index (χ4n) is 2.54. The van der Waals surface area contributed by atoms with Crippen molar-refractivity contribution >= 4 is 39.8 Å². The maximum Gasteiger partial charge on any atom is 0.332 e. The highest BCUT2D eigenvalue weighted by Crippen LogP contribution is 2.44. The highest BCUT2D eigenvalue weighted by molar-refractivity contribution is 7.95. The number of halogens is 1. The average molecular weight is 355 g/mol. The summed E-state index contributed by atoms with van der Waals surface area (Å²) in [4.78, 5) is 4.19. The van der Waals surface area contributed by atoms with Crippen LogP contribution in [-0.2, 0) is 10.2 Å². The van der Waals surface area contributed by atoms with Crippen molar-refractivity contribution in [2.45, 2.75) is 6.42 Å². The Morgan fingerprint density at radius 3 is 2.43 bits per heavy atom. The first-order chi connectivity index (χ1) is 10.7. The lowest BCUT2D eigenvalue weighted by Gasteiger charge is -2.21. The zero-order valence-corrected chi connectivity index (χ0v) is 14.3. The van der Waals surface area contributed by atoms with Crippen molar-refractivity contribution in [3.05, 3.63) is 48.7 Å². The van der Waals surface area contributed by atoms with E-state index in [1.165, 1.54) is 8.61 Å². The smallest absolute Gasteiger partial charge is 0.320 e. The van der Waals surface area contributed by atoms with Gasteiger partial charge in [-0.05, 0) is 44.3 Å². The summed E-state index contributed by atoms with van der Waals surface area (Å²) in [6, 6.07) is 12.6. The summed E-state index contributed by atoms with van der Waals surface area (Å²) >= 11 is 0. The number of fused-ring (bicyclic) bond motifs is 1. The number of benzene rings is 1. The van der Waals surface area contributed by atoms with Crippen LogP contribution >= 0.6 is 12.4 Å². The molecule has 0 fully saturated rings. The highest BCUT2D eigenvalue weighted by Gasteiger charge is 2.41. The number of aromatic nitrogens is 1. The number of hydrogen-bond donors (Lipinski definition) is 1. The first-order valence-corrected chi connectivity index (χ1v) is 8.53. The standard InChI is InChI=1S/C15H18N4O2S.ClH/c1-16-10-6-12-18-13-7-2-3-8-14(13)19(22(18,20)21)15-9-4-5-11-17-15;/h2-5,7-9,11,16H,6,10,12H2,1H3;1H. The lowest BCUT2D eigenvalue weighted by molar-refractivity contribution is 0.591. The number of nitrogens with one attached hydrogen (secondary N) is 1. The number of rotatable bonds is 5. The fraction of sp³-hybridized carbons (Fsp3) is 0.267. The summed E-state index contributed by atoms with van der Waals surface area (Å²) in [5.41, 5.74) is 1.34. The molecular formula is C15H19ClN4O2S. The van der Waals surface area contributed by atoms with E-state index >= 15 is 0 Å². The molecule has 1 aromatic heterocycles. The van der Waals surface area contributed by atoms with Crippen LogP contribution in [-0.4, -0.2) is 33.5 Å². The van der Waals surface area contributed by atoms with Gasteiger partial charge in [0.25, 0.3) is 0 Å². The Kier molecular flexibility index (Phi) is 5.46. The van der Waals surface area contributed by atoms with Crippen molar-refractivity contribution in [3.63, 3.8) is 0 Å². The van der Waals surface area contributed by atoms with Gasteiger partial charge in [-0.3, -0.25) is 4.31 Å². The summed E-state index contributed by atoms with van der Waals surface area (Å²) in [7, 11) is -1.79. The van der Waals surface area contributed by atoms with Crippen LogP contribution in [0.25, 0.3) is 0 Å². The van der Waals surface area contributed by atoms with E-state index in [0.717, 1.165) is 13.0 Å². The van der Waals surface area contributed by atoms with Gasteiger partial charge in [0.05, 0.1) is 11.4 Å². The minimum Gasteiger partial charge on any atom is -0.320 e. The number of anilines is 3. The second-order valence-corrected chi connectivity index (χ2v) is 6.68. The Labute approximate surface area is 142 Å². The van der Waals surface area contributed by atoms with Gasteiger partial charge in [-0.25, -0.2) is 9.29 Å². The maximum absolute atomic E-state index is 12.9. The van der Waals surface area contributed by atoms with Crippen LogP contribution < -0.4 is 13.9 Å². The zero-order valence-electron chi connectivity index (χ0n) is 12.7. The molecule has 0 saturated carbocycles. The van der Waals surface area contributed by atoms with Crippen molar-refractivity contribution in [2.24, 2.45) is 0 Å². The maximum atomic E-state index is 12.9. The minimum absolute atomic E-state index is 0. The van der Waals surface area contributed by atoms with E-state index in [1.54, 1.807) is 30.5 Å². The Hall–Kier alpha value is -1.83. The molecule has 3 rings (SSSR count). The van der Waals surface area contributed by atoms with Gasteiger partial charge in [0.2, 0.25) is 0 Å². The lowest BCUT2D eigenvalue weighted by atomic mass is 10.2. The van der Waals surface area contributed by atoms with E-state index in [1.807, 2.05) is 25.2 Å². The molecule has 6 nitrogen and oxygen atoms in total. The lowest BCUT2D eigenvalue weighted by Crippen LogP contribution is -2.37. The van der Waals surface area contributed by atoms with Gasteiger partial charge in [0.15, 0.2) is 0 Å². The topological polar surface area (TPSA) is 65.5 Å². The van der Waals surface area contributed by atoms with E-state index in [4.69, 9.17) is 0 Å². The molecule has 0 unspecified atom stereocenters. The van der Waals surface area contributed by atoms with Crippen LogP contribution in [0.2, 0.25) is 0 Å². The molecule has 1 N–H and O–H groups in total. The van der Waals surface area contributed by atoms with Crippen molar-refractivity contribution in [1.82, 2.24) is 10.3 Å². The molecule has 23 heavy (non-hydrogen) atoms. The van der Waals surface area contributed by atoms with Gasteiger partial charge in [0.1, 0.15) is 5.82 Å². The molecule has 1 aromatic carbocycles. The molecule has 0 aliphatic carbocycles. The van der Waals surface area contributed by atoms with Crippen LogP contribution in [0.5, 0.6) is 0 Å². The monoisotopic (exact) mass is 354 g/mol. The predicted molar refractivity (Wildman–Crippen MR) is 94.9 cm³/mol. The Bertz CT molecular complexity index is 755. The number of pyridine rings is 1. The Balaban J connectivity index is 0.00000192. The van der Waals surface area contributed by atoms with E-state index < -0.39 is 10.2 Å². The molecule has 0 atom stereocenters. The van der Waals surface area contributed by atoms with Gasteiger partial charge in [-0.1, -0.05) is 18.2 Å². The van der Waals surface area contributed by atoms with Crippen LogP contribution in [0.15, 0.2) is 48.7 Å². The molecular weight excluding hydrogens is 336 g/mol. The van der Waals surface area contributed by atoms with Crippen LogP contribution in [0.3, 0.4) is 0 Å². The Morgan fingerprint density at radius 1 is 1.09 bits per heavy atom. The third kappa shape index (κ3) is 3.12. The van der Waals surface area contributed by atoms with Gasteiger partial charge >= 0.3 is 10.2 Å². The SMILES string of the molecule is CNCCCN1c2ccccc2N(c2ccccn2)S1(=O)=O.Cl. The highest BCUT2D eigenvalue weighted by atomic mass is 35.5.